The maximum absolute atomic E-state index is 13.3. The third-order valence-electron chi connectivity index (χ3n) is 5.07. The van der Waals surface area contributed by atoms with Crippen molar-refractivity contribution in [2.75, 3.05) is 31.2 Å². The number of aromatic nitrogens is 2. The van der Waals surface area contributed by atoms with Gasteiger partial charge in [0.15, 0.2) is 0 Å². The van der Waals surface area contributed by atoms with Gasteiger partial charge in [-0.3, -0.25) is 4.90 Å². The minimum absolute atomic E-state index is 0.0979. The number of benzene rings is 2. The van der Waals surface area contributed by atoms with E-state index in [1.165, 1.54) is 17.0 Å². The Labute approximate surface area is 182 Å². The lowest BCUT2D eigenvalue weighted by atomic mass is 10.1. The van der Waals surface area contributed by atoms with Gasteiger partial charge in [-0.2, -0.15) is 13.2 Å². The average Bonchev–Trinajstić information content (AvgIpc) is 3.24. The number of morpholine rings is 1. The van der Waals surface area contributed by atoms with Crippen molar-refractivity contribution in [1.29, 1.82) is 0 Å². The van der Waals surface area contributed by atoms with Gasteiger partial charge in [0, 0.05) is 31.3 Å². The van der Waals surface area contributed by atoms with Gasteiger partial charge in [0.2, 0.25) is 11.8 Å². The minimum atomic E-state index is -4.51. The largest absolute Gasteiger partial charge is 0.421 e. The van der Waals surface area contributed by atoms with Crippen molar-refractivity contribution < 1.29 is 27.1 Å². The van der Waals surface area contributed by atoms with Crippen molar-refractivity contribution in [2.24, 2.45) is 0 Å². The zero-order valence-corrected chi connectivity index (χ0v) is 17.3. The Bertz CT molecular complexity index is 1080. The van der Waals surface area contributed by atoms with E-state index in [4.69, 9.17) is 9.15 Å². The van der Waals surface area contributed by atoms with Crippen LogP contribution < -0.4 is 4.90 Å². The van der Waals surface area contributed by atoms with Gasteiger partial charge in [0.1, 0.15) is 0 Å². The van der Waals surface area contributed by atoms with Gasteiger partial charge < -0.3 is 14.1 Å². The molecule has 2 aromatic carbocycles. The molecule has 3 aromatic rings. The molecule has 1 aliphatic rings. The first-order chi connectivity index (χ1) is 15.3. The van der Waals surface area contributed by atoms with Crippen LogP contribution in [0.3, 0.4) is 0 Å². The molecule has 1 aromatic heterocycles. The third kappa shape index (κ3) is 4.91. The molecule has 0 aliphatic carbocycles. The predicted molar refractivity (Wildman–Crippen MR) is 110 cm³/mol. The van der Waals surface area contributed by atoms with Crippen LogP contribution in [0, 0.1) is 6.92 Å². The minimum Gasteiger partial charge on any atom is -0.421 e. The molecule has 4 rings (SSSR count). The van der Waals surface area contributed by atoms with Crippen molar-refractivity contribution in [3.63, 3.8) is 0 Å². The van der Waals surface area contributed by atoms with Crippen molar-refractivity contribution in [3.8, 4) is 11.5 Å². The van der Waals surface area contributed by atoms with Crippen molar-refractivity contribution >= 4 is 11.7 Å². The zero-order chi connectivity index (χ0) is 22.7. The van der Waals surface area contributed by atoms with E-state index in [-0.39, 0.29) is 18.3 Å². The normalized spacial score (nSPS) is 14.4. The van der Waals surface area contributed by atoms with Gasteiger partial charge >= 0.3 is 12.2 Å². The van der Waals surface area contributed by atoms with E-state index < -0.39 is 11.7 Å². The first kappa shape index (κ1) is 21.8. The second kappa shape index (κ2) is 8.99. The van der Waals surface area contributed by atoms with Crippen LogP contribution in [0.2, 0.25) is 0 Å². The smallest absolute Gasteiger partial charge is 0.416 e. The van der Waals surface area contributed by atoms with Gasteiger partial charge in [0.25, 0.3) is 0 Å². The maximum atomic E-state index is 13.3. The van der Waals surface area contributed by atoms with E-state index in [9.17, 15) is 18.0 Å². The zero-order valence-electron chi connectivity index (χ0n) is 17.3. The van der Waals surface area contributed by atoms with Crippen LogP contribution in [0.15, 0.2) is 52.9 Å². The number of urea groups is 1. The molecule has 7 nitrogen and oxygen atoms in total. The van der Waals surface area contributed by atoms with E-state index in [0.717, 1.165) is 17.7 Å². The first-order valence-corrected chi connectivity index (χ1v) is 10.0. The lowest BCUT2D eigenvalue weighted by molar-refractivity contribution is -0.137. The number of carbonyl (C=O) groups excluding carboxylic acids is 1. The van der Waals surface area contributed by atoms with Crippen molar-refractivity contribution in [1.82, 2.24) is 15.1 Å². The van der Waals surface area contributed by atoms with Crippen molar-refractivity contribution in [2.45, 2.75) is 19.6 Å². The van der Waals surface area contributed by atoms with Gasteiger partial charge in [-0.25, -0.2) is 4.79 Å². The van der Waals surface area contributed by atoms with Gasteiger partial charge in [-0.15, -0.1) is 10.2 Å². The van der Waals surface area contributed by atoms with E-state index in [1.54, 1.807) is 36.1 Å². The number of ether oxygens (including phenoxy) is 1. The number of alkyl halides is 3. The Morgan fingerprint density at radius 3 is 2.44 bits per heavy atom. The predicted octanol–water partition coefficient (Wildman–Crippen LogP) is 4.52. The molecule has 32 heavy (non-hydrogen) atoms. The summed E-state index contributed by atoms with van der Waals surface area (Å²) in [5.41, 5.74) is 0.813. The topological polar surface area (TPSA) is 71.7 Å². The molecule has 2 heterocycles. The highest BCUT2D eigenvalue weighted by atomic mass is 19.4. The Morgan fingerprint density at radius 1 is 1.09 bits per heavy atom. The standard InChI is InChI=1S/C22H21F3N4O3/c1-15-26-27-20(32-15)17-7-5-16(6-8-17)14-29(21(30)28-9-11-31-12-10-28)19-4-2-3-18(13-19)22(23,24)25/h2-8,13H,9-12,14H2,1H3. The number of halogens is 3. The fraction of sp³-hybridized carbons (Fsp3) is 0.318. The van der Waals surface area contributed by atoms with Crippen molar-refractivity contribution in [3.05, 3.63) is 65.5 Å². The summed E-state index contributed by atoms with van der Waals surface area (Å²) in [6.07, 6.45) is -4.51. The monoisotopic (exact) mass is 446 g/mol. The van der Waals surface area contributed by atoms with Crippen LogP contribution in [0.5, 0.6) is 0 Å². The van der Waals surface area contributed by atoms with Crippen LogP contribution in [0.1, 0.15) is 17.0 Å². The second-order valence-corrected chi connectivity index (χ2v) is 7.34. The van der Waals surface area contributed by atoms with Gasteiger partial charge in [0.05, 0.1) is 25.3 Å². The summed E-state index contributed by atoms with van der Waals surface area (Å²) in [6.45, 7) is 3.32. The SMILES string of the molecule is Cc1nnc(-c2ccc(CN(C(=O)N3CCOCC3)c3cccc(C(F)(F)F)c3)cc2)o1. The molecule has 0 unspecified atom stereocenters. The highest BCUT2D eigenvalue weighted by Crippen LogP contribution is 2.32. The van der Waals surface area contributed by atoms with Crippen LogP contribution in [-0.4, -0.2) is 47.4 Å². The molecule has 0 spiro atoms. The average molecular weight is 446 g/mol. The summed E-state index contributed by atoms with van der Waals surface area (Å²) in [5.74, 6) is 0.809. The fourth-order valence-electron chi connectivity index (χ4n) is 3.39. The van der Waals surface area contributed by atoms with Crippen LogP contribution in [-0.2, 0) is 17.5 Å². The summed E-state index contributed by atoms with van der Waals surface area (Å²) in [6, 6.07) is 11.5. The molecule has 2 amide bonds. The quantitative estimate of drug-likeness (QED) is 0.589. The molecule has 168 valence electrons. The highest BCUT2D eigenvalue weighted by Gasteiger charge is 2.32. The van der Waals surface area contributed by atoms with E-state index in [2.05, 4.69) is 10.2 Å². The molecule has 0 bridgehead atoms. The third-order valence-corrected chi connectivity index (χ3v) is 5.07. The molecule has 1 aliphatic heterocycles. The Hall–Kier alpha value is -3.40. The number of hydrogen-bond donors (Lipinski definition) is 0. The lowest BCUT2D eigenvalue weighted by Crippen LogP contribution is -2.48. The number of hydrogen-bond acceptors (Lipinski definition) is 5. The summed E-state index contributed by atoms with van der Waals surface area (Å²) in [7, 11) is 0. The van der Waals surface area contributed by atoms with E-state index in [1.807, 2.05) is 0 Å². The molecular formula is C22H21F3N4O3. The Balaban J connectivity index is 1.62. The molecule has 0 atom stereocenters. The highest BCUT2D eigenvalue weighted by molar-refractivity contribution is 5.92. The maximum Gasteiger partial charge on any atom is 0.416 e. The van der Waals surface area contributed by atoms with Crippen LogP contribution in [0.4, 0.5) is 23.7 Å². The molecule has 0 saturated carbocycles. The van der Waals surface area contributed by atoms with Gasteiger partial charge in [-0.1, -0.05) is 18.2 Å². The lowest BCUT2D eigenvalue weighted by Gasteiger charge is -2.33. The van der Waals surface area contributed by atoms with Gasteiger partial charge in [-0.05, 0) is 35.9 Å². The molecule has 1 fully saturated rings. The molecule has 0 N–H and O–H groups in total. The second-order valence-electron chi connectivity index (χ2n) is 7.34. The van der Waals surface area contributed by atoms with E-state index >= 15 is 0 Å². The number of rotatable bonds is 4. The fourth-order valence-corrected chi connectivity index (χ4v) is 3.39. The Morgan fingerprint density at radius 2 is 1.81 bits per heavy atom. The summed E-state index contributed by atoms with van der Waals surface area (Å²) in [5, 5.41) is 7.77. The number of anilines is 1. The summed E-state index contributed by atoms with van der Waals surface area (Å²) < 4.78 is 50.5. The molecule has 10 heteroatoms. The molecular weight excluding hydrogens is 425 g/mol. The number of amides is 2. The Kier molecular flexibility index (Phi) is 6.13. The molecule has 1 saturated heterocycles. The number of carbonyl (C=O) groups is 1. The molecule has 0 radical (unpaired) electrons. The first-order valence-electron chi connectivity index (χ1n) is 10.0. The van der Waals surface area contributed by atoms with Crippen LogP contribution >= 0.6 is 0 Å². The number of nitrogens with zero attached hydrogens (tertiary/aromatic N) is 4. The summed E-state index contributed by atoms with van der Waals surface area (Å²) in [4.78, 5) is 16.2. The number of aryl methyl sites for hydroxylation is 1. The van der Waals surface area contributed by atoms with E-state index in [0.29, 0.717) is 43.6 Å². The van der Waals surface area contributed by atoms with Crippen LogP contribution in [0.25, 0.3) is 11.5 Å². The summed E-state index contributed by atoms with van der Waals surface area (Å²) >= 11 is 0.